The van der Waals surface area contributed by atoms with Gasteiger partial charge >= 0.3 is 0 Å². The highest BCUT2D eigenvalue weighted by Gasteiger charge is 2.20. The first kappa shape index (κ1) is 24.1. The number of nitrogens with one attached hydrogen (secondary N) is 2. The van der Waals surface area contributed by atoms with Gasteiger partial charge in [0.2, 0.25) is 0 Å². The highest BCUT2D eigenvalue weighted by atomic mass is 32.2. The van der Waals surface area contributed by atoms with Crippen LogP contribution in [-0.4, -0.2) is 27.5 Å². The van der Waals surface area contributed by atoms with Crippen LogP contribution in [0, 0.1) is 13.8 Å². The van der Waals surface area contributed by atoms with E-state index in [0.29, 0.717) is 29.3 Å². The maximum atomic E-state index is 12.8. The average Bonchev–Trinajstić information content (AvgIpc) is 2.80. The molecule has 8 heteroatoms. The predicted molar refractivity (Wildman–Crippen MR) is 129 cm³/mol. The summed E-state index contributed by atoms with van der Waals surface area (Å²) in [4.78, 5) is 12.8. The van der Waals surface area contributed by atoms with E-state index in [0.717, 1.165) is 11.1 Å². The van der Waals surface area contributed by atoms with Crippen LogP contribution in [0.4, 0.5) is 11.4 Å². The number of ether oxygens (including phenoxy) is 2. The summed E-state index contributed by atoms with van der Waals surface area (Å²) in [7, 11) is -2.21. The van der Waals surface area contributed by atoms with Crippen molar-refractivity contribution in [3.8, 4) is 11.5 Å². The summed E-state index contributed by atoms with van der Waals surface area (Å²) in [6.45, 7) is 5.54. The van der Waals surface area contributed by atoms with Gasteiger partial charge < -0.3 is 14.8 Å². The van der Waals surface area contributed by atoms with E-state index >= 15 is 0 Å². The zero-order valence-electron chi connectivity index (χ0n) is 19.1. The molecule has 1 amide bonds. The topological polar surface area (TPSA) is 93.7 Å². The first-order valence-corrected chi connectivity index (χ1v) is 12.0. The second-order valence-corrected chi connectivity index (χ2v) is 9.26. The third kappa shape index (κ3) is 6.04. The molecule has 2 N–H and O–H groups in total. The zero-order chi connectivity index (χ0) is 24.0. The molecule has 3 rings (SSSR count). The Morgan fingerprint density at radius 1 is 0.939 bits per heavy atom. The van der Waals surface area contributed by atoms with E-state index in [-0.39, 0.29) is 10.8 Å². The highest BCUT2D eigenvalue weighted by Crippen LogP contribution is 2.25. The Balaban J connectivity index is 1.69. The fraction of sp³-hybridized carbons (Fsp3) is 0.240. The molecule has 0 aliphatic heterocycles. The molecule has 0 bridgehead atoms. The number of sulfonamides is 1. The van der Waals surface area contributed by atoms with Gasteiger partial charge in [-0.25, -0.2) is 8.42 Å². The summed E-state index contributed by atoms with van der Waals surface area (Å²) in [5.74, 6) is 0.828. The number of carbonyl (C=O) groups is 1. The number of hydrogen-bond acceptors (Lipinski definition) is 5. The summed E-state index contributed by atoms with van der Waals surface area (Å²) in [6.07, 6.45) is -0.263. The number of para-hydroxylation sites is 1. The third-order valence-corrected chi connectivity index (χ3v) is 6.50. The molecule has 0 aliphatic carbocycles. The van der Waals surface area contributed by atoms with Gasteiger partial charge in [-0.2, -0.15) is 0 Å². The van der Waals surface area contributed by atoms with Gasteiger partial charge in [0.15, 0.2) is 6.10 Å². The van der Waals surface area contributed by atoms with Crippen molar-refractivity contribution in [2.75, 3.05) is 17.1 Å². The van der Waals surface area contributed by atoms with Crippen molar-refractivity contribution < 1.29 is 22.7 Å². The van der Waals surface area contributed by atoms with Crippen molar-refractivity contribution in [3.05, 3.63) is 77.9 Å². The number of hydrogen-bond donors (Lipinski definition) is 2. The number of carbonyl (C=O) groups excluding carboxylic acids is 1. The molecule has 3 aromatic rings. The first-order valence-electron chi connectivity index (χ1n) is 10.5. The average molecular weight is 469 g/mol. The molecular formula is C25H28N2O5S. The van der Waals surface area contributed by atoms with E-state index < -0.39 is 16.1 Å². The molecule has 0 saturated heterocycles. The first-order chi connectivity index (χ1) is 15.7. The molecule has 33 heavy (non-hydrogen) atoms. The van der Waals surface area contributed by atoms with Crippen LogP contribution in [0.1, 0.15) is 24.5 Å². The van der Waals surface area contributed by atoms with Crippen LogP contribution in [0.25, 0.3) is 0 Å². The lowest BCUT2D eigenvalue weighted by Crippen LogP contribution is -2.32. The predicted octanol–water partition coefficient (Wildman–Crippen LogP) is 4.91. The third-order valence-electron chi connectivity index (χ3n) is 5.13. The Bertz CT molecular complexity index is 1200. The minimum absolute atomic E-state index is 0.0998. The summed E-state index contributed by atoms with van der Waals surface area (Å²) < 4.78 is 39.3. The van der Waals surface area contributed by atoms with Gasteiger partial charge in [-0.15, -0.1) is 0 Å². The number of methoxy groups -OCH3 is 1. The lowest BCUT2D eigenvalue weighted by atomic mass is 10.1. The number of rotatable bonds is 9. The molecule has 0 radical (unpaired) electrons. The molecule has 0 fully saturated rings. The van der Waals surface area contributed by atoms with Gasteiger partial charge in [0.25, 0.3) is 15.9 Å². The molecular weight excluding hydrogens is 440 g/mol. The summed E-state index contributed by atoms with van der Waals surface area (Å²) in [5.41, 5.74) is 2.71. The standard InChI is InChI=1S/C25H28N2O5S/c1-5-23(32-21-11-7-10-20(16-21)31-4)25(28)26-19-12-14-22(15-13-19)33(29,30)27-24-17(2)8-6-9-18(24)3/h6-16,23,27H,5H2,1-4H3,(H,26,28)/t23-/m0/s1. The largest absolute Gasteiger partial charge is 0.497 e. The Hall–Kier alpha value is -3.52. The maximum Gasteiger partial charge on any atom is 0.265 e. The normalized spacial score (nSPS) is 12.0. The van der Waals surface area contributed by atoms with E-state index in [2.05, 4.69) is 10.0 Å². The Morgan fingerprint density at radius 3 is 2.15 bits per heavy atom. The minimum atomic E-state index is -3.77. The molecule has 174 valence electrons. The van der Waals surface area contributed by atoms with Gasteiger partial charge in [0, 0.05) is 11.8 Å². The molecule has 1 atom stereocenters. The van der Waals surface area contributed by atoms with Crippen molar-refractivity contribution in [3.63, 3.8) is 0 Å². The minimum Gasteiger partial charge on any atom is -0.497 e. The molecule has 0 unspecified atom stereocenters. The molecule has 0 saturated carbocycles. The lowest BCUT2D eigenvalue weighted by Gasteiger charge is -2.18. The van der Waals surface area contributed by atoms with Crippen molar-refractivity contribution >= 4 is 27.3 Å². The van der Waals surface area contributed by atoms with Crippen LogP contribution in [0.15, 0.2) is 71.6 Å². The molecule has 7 nitrogen and oxygen atoms in total. The van der Waals surface area contributed by atoms with E-state index in [9.17, 15) is 13.2 Å². The smallest absolute Gasteiger partial charge is 0.265 e. The van der Waals surface area contributed by atoms with Crippen LogP contribution >= 0.6 is 0 Å². The van der Waals surface area contributed by atoms with Crippen molar-refractivity contribution in [1.29, 1.82) is 0 Å². The van der Waals surface area contributed by atoms with Gasteiger partial charge in [0.05, 0.1) is 17.7 Å². The molecule has 0 spiro atoms. The van der Waals surface area contributed by atoms with Crippen LogP contribution in [0.2, 0.25) is 0 Å². The SMILES string of the molecule is CC[C@H](Oc1cccc(OC)c1)C(=O)Nc1ccc(S(=O)(=O)Nc2c(C)cccc2C)cc1. The van der Waals surface area contributed by atoms with Crippen LogP contribution in [0.3, 0.4) is 0 Å². The summed E-state index contributed by atoms with van der Waals surface area (Å²) >= 11 is 0. The van der Waals surface area contributed by atoms with Crippen LogP contribution in [0.5, 0.6) is 11.5 Å². The quantitative estimate of drug-likeness (QED) is 0.465. The zero-order valence-corrected chi connectivity index (χ0v) is 19.9. The fourth-order valence-electron chi connectivity index (χ4n) is 3.27. The van der Waals surface area contributed by atoms with Gasteiger partial charge in [-0.05, 0) is 67.8 Å². The number of anilines is 2. The summed E-state index contributed by atoms with van der Waals surface area (Å²) in [5, 5.41) is 2.78. The van der Waals surface area contributed by atoms with Gasteiger partial charge in [0.1, 0.15) is 11.5 Å². The van der Waals surface area contributed by atoms with Gasteiger partial charge in [-0.3, -0.25) is 9.52 Å². The van der Waals surface area contributed by atoms with Crippen LogP contribution in [-0.2, 0) is 14.8 Å². The van der Waals surface area contributed by atoms with E-state index in [1.165, 1.54) is 12.1 Å². The van der Waals surface area contributed by atoms with E-state index in [1.54, 1.807) is 43.5 Å². The van der Waals surface area contributed by atoms with Gasteiger partial charge in [-0.1, -0.05) is 31.2 Å². The molecule has 0 aliphatic rings. The second-order valence-electron chi connectivity index (χ2n) is 7.58. The number of benzene rings is 3. The molecule has 0 aromatic heterocycles. The number of amides is 1. The molecule has 0 heterocycles. The Morgan fingerprint density at radius 2 is 1.55 bits per heavy atom. The monoisotopic (exact) mass is 468 g/mol. The number of aryl methyl sites for hydroxylation is 2. The Kier molecular flexibility index (Phi) is 7.60. The van der Waals surface area contributed by atoms with Crippen molar-refractivity contribution in [2.24, 2.45) is 0 Å². The fourth-order valence-corrected chi connectivity index (χ4v) is 4.47. The van der Waals surface area contributed by atoms with Crippen LogP contribution < -0.4 is 19.5 Å². The molecule has 3 aromatic carbocycles. The van der Waals surface area contributed by atoms with E-state index in [4.69, 9.17) is 9.47 Å². The van der Waals surface area contributed by atoms with E-state index in [1.807, 2.05) is 39.0 Å². The maximum absolute atomic E-state index is 12.8. The van der Waals surface area contributed by atoms with Crippen molar-refractivity contribution in [1.82, 2.24) is 0 Å². The summed E-state index contributed by atoms with van der Waals surface area (Å²) in [6, 6.07) is 18.6. The second kappa shape index (κ2) is 10.4. The Labute approximate surface area is 194 Å². The highest BCUT2D eigenvalue weighted by molar-refractivity contribution is 7.92. The lowest BCUT2D eigenvalue weighted by molar-refractivity contribution is -0.122. The van der Waals surface area contributed by atoms with Crippen molar-refractivity contribution in [2.45, 2.75) is 38.2 Å².